The summed E-state index contributed by atoms with van der Waals surface area (Å²) in [6, 6.07) is 46.7. The van der Waals surface area contributed by atoms with Crippen molar-refractivity contribution < 1.29 is 4.42 Å². The van der Waals surface area contributed by atoms with Crippen LogP contribution in [0.5, 0.6) is 0 Å². The van der Waals surface area contributed by atoms with Crippen molar-refractivity contribution in [3.05, 3.63) is 163 Å². The largest absolute Gasteiger partial charge is 0.454 e. The van der Waals surface area contributed by atoms with E-state index in [2.05, 4.69) is 131 Å². The van der Waals surface area contributed by atoms with Crippen LogP contribution in [0.15, 0.2) is 155 Å². The van der Waals surface area contributed by atoms with Crippen molar-refractivity contribution in [2.45, 2.75) is 12.3 Å². The van der Waals surface area contributed by atoms with E-state index in [0.717, 1.165) is 66.4 Å². The standard InChI is InChI=1S/C40H28N4O/c1-2-11-26(12-3-1)38-42-39(28-19-18-25-10-4-5-13-27(25)22-28)44-40(43-38)32-21-20-31(29-14-6-7-15-30(29)32)34-23-41-24-36-37(34)33-16-8-9-17-35(33)45-36/h1-24,39-40,44H,(H,42,43). The molecule has 0 spiro atoms. The van der Waals surface area contributed by atoms with Crippen molar-refractivity contribution >= 4 is 49.3 Å². The fraction of sp³-hybridized carbons (Fsp3) is 0.0500. The summed E-state index contributed by atoms with van der Waals surface area (Å²) < 4.78 is 6.18. The fourth-order valence-corrected chi connectivity index (χ4v) is 6.70. The number of furan rings is 1. The number of benzene rings is 6. The van der Waals surface area contributed by atoms with Gasteiger partial charge in [-0.2, -0.15) is 0 Å². The zero-order valence-corrected chi connectivity index (χ0v) is 24.3. The van der Waals surface area contributed by atoms with E-state index in [1.165, 1.54) is 10.8 Å². The van der Waals surface area contributed by atoms with Gasteiger partial charge in [0.2, 0.25) is 0 Å². The molecule has 9 rings (SSSR count). The summed E-state index contributed by atoms with van der Waals surface area (Å²) in [6.45, 7) is 0. The minimum atomic E-state index is -0.232. The number of hydrogen-bond acceptors (Lipinski definition) is 5. The lowest BCUT2D eigenvalue weighted by molar-refractivity contribution is 0.411. The number of aromatic nitrogens is 1. The van der Waals surface area contributed by atoms with Gasteiger partial charge in [0, 0.05) is 28.1 Å². The number of aliphatic imine (C=N–C) groups is 1. The summed E-state index contributed by atoms with van der Waals surface area (Å²) in [6.07, 6.45) is 3.35. The molecule has 0 fully saturated rings. The molecule has 6 aromatic carbocycles. The highest BCUT2D eigenvalue weighted by Crippen LogP contribution is 2.40. The van der Waals surface area contributed by atoms with Crippen LogP contribution in [0.3, 0.4) is 0 Å². The maximum Gasteiger partial charge on any atom is 0.154 e. The molecule has 2 atom stereocenters. The van der Waals surface area contributed by atoms with Crippen LogP contribution in [0.25, 0.3) is 54.6 Å². The molecule has 3 heterocycles. The predicted molar refractivity (Wildman–Crippen MR) is 183 cm³/mol. The maximum absolute atomic E-state index is 6.18. The smallest absolute Gasteiger partial charge is 0.154 e. The van der Waals surface area contributed by atoms with Crippen LogP contribution in [0.2, 0.25) is 0 Å². The predicted octanol–water partition coefficient (Wildman–Crippen LogP) is 9.29. The van der Waals surface area contributed by atoms with Gasteiger partial charge < -0.3 is 9.73 Å². The molecule has 0 aliphatic carbocycles. The molecule has 2 N–H and O–H groups in total. The third-order valence-corrected chi connectivity index (χ3v) is 8.85. The fourth-order valence-electron chi connectivity index (χ4n) is 6.70. The van der Waals surface area contributed by atoms with Crippen molar-refractivity contribution in [1.29, 1.82) is 0 Å². The van der Waals surface area contributed by atoms with Crippen LogP contribution >= 0.6 is 0 Å². The zero-order chi connectivity index (χ0) is 29.7. The summed E-state index contributed by atoms with van der Waals surface area (Å²) in [5, 5.41) is 14.5. The second-order valence-electron chi connectivity index (χ2n) is 11.5. The number of rotatable bonds is 4. The van der Waals surface area contributed by atoms with Crippen molar-refractivity contribution in [3.8, 4) is 11.1 Å². The second kappa shape index (κ2) is 10.4. The number of nitrogens with one attached hydrogen (secondary N) is 2. The molecule has 0 saturated heterocycles. The van der Waals surface area contributed by atoms with Gasteiger partial charge in [-0.15, -0.1) is 0 Å². The molecular weight excluding hydrogens is 552 g/mol. The molecule has 5 nitrogen and oxygen atoms in total. The summed E-state index contributed by atoms with van der Waals surface area (Å²) in [7, 11) is 0. The minimum Gasteiger partial charge on any atom is -0.454 e. The van der Waals surface area contributed by atoms with E-state index >= 15 is 0 Å². The molecule has 1 aliphatic heterocycles. The third-order valence-electron chi connectivity index (χ3n) is 8.85. The number of nitrogens with zero attached hydrogens (tertiary/aromatic N) is 2. The van der Waals surface area contributed by atoms with E-state index in [9.17, 15) is 0 Å². The minimum absolute atomic E-state index is 0.184. The van der Waals surface area contributed by atoms with Crippen molar-refractivity contribution in [2.75, 3.05) is 0 Å². The average Bonchev–Trinajstić information content (AvgIpc) is 3.50. The monoisotopic (exact) mass is 580 g/mol. The lowest BCUT2D eigenvalue weighted by Crippen LogP contribution is -2.45. The van der Waals surface area contributed by atoms with E-state index in [0.29, 0.717) is 0 Å². The first-order valence-corrected chi connectivity index (χ1v) is 15.2. The maximum atomic E-state index is 6.18. The Morgan fingerprint density at radius 1 is 0.578 bits per heavy atom. The van der Waals surface area contributed by atoms with Crippen molar-refractivity contribution in [2.24, 2.45) is 4.99 Å². The Hall–Kier alpha value is -5.78. The van der Waals surface area contributed by atoms with E-state index in [4.69, 9.17) is 9.41 Å². The molecule has 0 bridgehead atoms. The van der Waals surface area contributed by atoms with Crippen LogP contribution in [0.1, 0.15) is 29.0 Å². The first kappa shape index (κ1) is 25.7. The van der Waals surface area contributed by atoms with E-state index in [1.807, 2.05) is 30.6 Å². The number of hydrogen-bond donors (Lipinski definition) is 2. The first-order valence-electron chi connectivity index (χ1n) is 15.2. The number of para-hydroxylation sites is 1. The Morgan fingerprint density at radius 3 is 2.22 bits per heavy atom. The van der Waals surface area contributed by atoms with Gasteiger partial charge >= 0.3 is 0 Å². The Kier molecular flexibility index (Phi) is 5.96. The number of fused-ring (bicyclic) bond motifs is 5. The van der Waals surface area contributed by atoms with Gasteiger partial charge in [0.25, 0.3) is 0 Å². The molecule has 0 saturated carbocycles. The Labute approximate surface area is 259 Å². The summed E-state index contributed by atoms with van der Waals surface area (Å²) in [5.74, 6) is 0.865. The number of pyridine rings is 1. The molecule has 1 aliphatic rings. The van der Waals surface area contributed by atoms with Crippen molar-refractivity contribution in [1.82, 2.24) is 15.6 Å². The Morgan fingerprint density at radius 2 is 1.33 bits per heavy atom. The van der Waals surface area contributed by atoms with Gasteiger partial charge in [-0.25, -0.2) is 4.99 Å². The van der Waals surface area contributed by atoms with E-state index < -0.39 is 0 Å². The van der Waals surface area contributed by atoms with Crippen LogP contribution in [-0.4, -0.2) is 10.8 Å². The molecule has 2 aromatic heterocycles. The topological polar surface area (TPSA) is 62.5 Å². The van der Waals surface area contributed by atoms with Gasteiger partial charge in [-0.1, -0.05) is 121 Å². The lowest BCUT2D eigenvalue weighted by Gasteiger charge is -2.33. The van der Waals surface area contributed by atoms with Crippen LogP contribution in [0, 0.1) is 0 Å². The normalized spacial score (nSPS) is 16.7. The van der Waals surface area contributed by atoms with Crippen LogP contribution in [-0.2, 0) is 0 Å². The second-order valence-corrected chi connectivity index (χ2v) is 11.5. The summed E-state index contributed by atoms with van der Waals surface area (Å²) >= 11 is 0. The molecule has 5 heteroatoms. The molecule has 8 aromatic rings. The van der Waals surface area contributed by atoms with Gasteiger partial charge in [-0.3, -0.25) is 10.3 Å². The molecular formula is C40H28N4O. The summed E-state index contributed by atoms with van der Waals surface area (Å²) in [5.41, 5.74) is 7.17. The highest BCUT2D eigenvalue weighted by Gasteiger charge is 2.27. The third kappa shape index (κ3) is 4.36. The first-order chi connectivity index (χ1) is 22.3. The molecule has 45 heavy (non-hydrogen) atoms. The number of amidine groups is 1. The average molecular weight is 581 g/mol. The molecule has 0 radical (unpaired) electrons. The molecule has 2 unspecified atom stereocenters. The van der Waals surface area contributed by atoms with Crippen LogP contribution < -0.4 is 10.6 Å². The molecule has 0 amide bonds. The van der Waals surface area contributed by atoms with Gasteiger partial charge in [-0.05, 0) is 50.4 Å². The SMILES string of the molecule is c1ccc(C2=NC(c3ccc4ccccc4c3)NC(c3ccc(-c4cncc5oc6ccccc6c45)c4ccccc34)N2)cc1. The Balaban J connectivity index is 1.19. The van der Waals surface area contributed by atoms with E-state index in [1.54, 1.807) is 0 Å². The van der Waals surface area contributed by atoms with E-state index in [-0.39, 0.29) is 12.3 Å². The van der Waals surface area contributed by atoms with Crippen molar-refractivity contribution in [3.63, 3.8) is 0 Å². The van der Waals surface area contributed by atoms with Gasteiger partial charge in [0.15, 0.2) is 5.58 Å². The zero-order valence-electron chi connectivity index (χ0n) is 24.3. The lowest BCUT2D eigenvalue weighted by atomic mass is 9.92. The highest BCUT2D eigenvalue weighted by atomic mass is 16.3. The highest BCUT2D eigenvalue weighted by molar-refractivity contribution is 6.15. The Bertz CT molecular complexity index is 2410. The van der Waals surface area contributed by atoms with Gasteiger partial charge in [0.1, 0.15) is 23.8 Å². The quantitative estimate of drug-likeness (QED) is 0.218. The van der Waals surface area contributed by atoms with Gasteiger partial charge in [0.05, 0.1) is 6.20 Å². The summed E-state index contributed by atoms with van der Waals surface area (Å²) in [4.78, 5) is 9.76. The molecule has 214 valence electrons. The van der Waals surface area contributed by atoms with Crippen LogP contribution in [0.4, 0.5) is 0 Å².